The summed E-state index contributed by atoms with van der Waals surface area (Å²) in [5.74, 6) is -0.494. The van der Waals surface area contributed by atoms with Crippen molar-refractivity contribution in [1.29, 1.82) is 0 Å². The predicted octanol–water partition coefficient (Wildman–Crippen LogP) is 2.50. The molecule has 0 atom stereocenters. The van der Waals surface area contributed by atoms with Crippen LogP contribution in [0.2, 0.25) is 0 Å². The van der Waals surface area contributed by atoms with Gasteiger partial charge in [0.1, 0.15) is 0 Å². The lowest BCUT2D eigenvalue weighted by Gasteiger charge is -2.22. The molecule has 1 aromatic carbocycles. The zero-order valence-corrected chi connectivity index (χ0v) is 10.6. The van der Waals surface area contributed by atoms with E-state index >= 15 is 0 Å². The smallest absolute Gasteiger partial charge is 0.254 e. The van der Waals surface area contributed by atoms with Gasteiger partial charge in [0, 0.05) is 18.2 Å². The minimum atomic E-state index is -0.243. The van der Waals surface area contributed by atoms with Gasteiger partial charge in [0.15, 0.2) is 11.5 Å². The Bertz CT molecular complexity index is 441. The van der Waals surface area contributed by atoms with E-state index in [1.807, 2.05) is 4.90 Å². The lowest BCUT2D eigenvalue weighted by atomic mass is 10.1. The number of carbonyl (C=O) groups excluding carboxylic acids is 1. The number of benzene rings is 1. The van der Waals surface area contributed by atoms with E-state index in [1.165, 1.54) is 12.1 Å². The second-order valence-corrected chi connectivity index (χ2v) is 4.79. The number of hydrogen-bond donors (Lipinski definition) is 2. The van der Waals surface area contributed by atoms with E-state index in [4.69, 9.17) is 0 Å². The van der Waals surface area contributed by atoms with Gasteiger partial charge in [-0.3, -0.25) is 4.79 Å². The molecule has 0 spiro atoms. The molecule has 1 saturated carbocycles. The maximum atomic E-state index is 12.3. The van der Waals surface area contributed by atoms with Crippen molar-refractivity contribution in [3.63, 3.8) is 0 Å². The lowest BCUT2D eigenvalue weighted by molar-refractivity contribution is 0.0740. The van der Waals surface area contributed by atoms with Crippen molar-refractivity contribution in [3.05, 3.63) is 23.8 Å². The average Bonchev–Trinajstić information content (AvgIpc) is 3.17. The summed E-state index contributed by atoms with van der Waals surface area (Å²) in [6.07, 6.45) is 4.18. The fraction of sp³-hybridized carbons (Fsp3) is 0.500. The molecule has 2 rings (SSSR count). The number of rotatable bonds is 5. The van der Waals surface area contributed by atoms with Crippen LogP contribution < -0.4 is 0 Å². The number of hydrogen-bond acceptors (Lipinski definition) is 3. The van der Waals surface area contributed by atoms with Crippen LogP contribution in [-0.2, 0) is 0 Å². The molecule has 1 aliphatic carbocycles. The average molecular weight is 249 g/mol. The number of amides is 1. The molecule has 1 aliphatic rings. The van der Waals surface area contributed by atoms with Crippen molar-refractivity contribution in [1.82, 2.24) is 4.90 Å². The summed E-state index contributed by atoms with van der Waals surface area (Å²) >= 11 is 0. The molecule has 0 aliphatic heterocycles. The molecular weight excluding hydrogens is 230 g/mol. The minimum absolute atomic E-state index is 0.0544. The third-order valence-electron chi connectivity index (χ3n) is 3.22. The van der Waals surface area contributed by atoms with Crippen molar-refractivity contribution < 1.29 is 15.0 Å². The highest BCUT2D eigenvalue weighted by atomic mass is 16.3. The summed E-state index contributed by atoms with van der Waals surface area (Å²) in [7, 11) is 0. The third kappa shape index (κ3) is 2.75. The molecule has 4 nitrogen and oxygen atoms in total. The second-order valence-electron chi connectivity index (χ2n) is 4.79. The van der Waals surface area contributed by atoms with E-state index in [1.54, 1.807) is 6.07 Å². The van der Waals surface area contributed by atoms with Gasteiger partial charge >= 0.3 is 0 Å². The van der Waals surface area contributed by atoms with Crippen LogP contribution in [0.5, 0.6) is 11.5 Å². The molecule has 0 saturated heterocycles. The molecule has 0 radical (unpaired) electrons. The number of nitrogens with zero attached hydrogens (tertiary/aromatic N) is 1. The van der Waals surface area contributed by atoms with Gasteiger partial charge < -0.3 is 15.1 Å². The van der Waals surface area contributed by atoms with Crippen molar-refractivity contribution in [3.8, 4) is 11.5 Å². The molecule has 4 heteroatoms. The van der Waals surface area contributed by atoms with E-state index in [0.717, 1.165) is 32.2 Å². The Hall–Kier alpha value is -1.71. The molecule has 0 heterocycles. The molecule has 0 unspecified atom stereocenters. The number of carbonyl (C=O) groups is 1. The van der Waals surface area contributed by atoms with Crippen molar-refractivity contribution in [2.45, 2.75) is 38.6 Å². The van der Waals surface area contributed by atoms with E-state index in [-0.39, 0.29) is 17.4 Å². The Morgan fingerprint density at radius 1 is 1.33 bits per heavy atom. The number of aromatic hydroxyl groups is 2. The van der Waals surface area contributed by atoms with Crippen LogP contribution in [0.15, 0.2) is 18.2 Å². The first kappa shape index (κ1) is 12.7. The van der Waals surface area contributed by atoms with Crippen LogP contribution in [0, 0.1) is 0 Å². The quantitative estimate of drug-likeness (QED) is 0.788. The highest BCUT2D eigenvalue weighted by molar-refractivity contribution is 5.95. The first-order chi connectivity index (χ1) is 8.63. The Balaban J connectivity index is 2.13. The van der Waals surface area contributed by atoms with Crippen LogP contribution in [-0.4, -0.2) is 33.6 Å². The van der Waals surface area contributed by atoms with Crippen molar-refractivity contribution in [2.24, 2.45) is 0 Å². The molecule has 0 bridgehead atoms. The van der Waals surface area contributed by atoms with Gasteiger partial charge in [0.2, 0.25) is 0 Å². The lowest BCUT2D eigenvalue weighted by Crippen LogP contribution is -2.33. The summed E-state index contributed by atoms with van der Waals surface area (Å²) in [5, 5.41) is 18.7. The van der Waals surface area contributed by atoms with Crippen LogP contribution >= 0.6 is 0 Å². The molecule has 18 heavy (non-hydrogen) atoms. The maximum Gasteiger partial charge on any atom is 0.254 e. The summed E-state index contributed by atoms with van der Waals surface area (Å²) in [6, 6.07) is 4.60. The van der Waals surface area contributed by atoms with E-state index in [2.05, 4.69) is 6.92 Å². The molecule has 1 fully saturated rings. The number of unbranched alkanes of at least 4 members (excludes halogenated alkanes) is 1. The van der Waals surface area contributed by atoms with Crippen LogP contribution in [0.1, 0.15) is 43.0 Å². The first-order valence-corrected chi connectivity index (χ1v) is 6.46. The van der Waals surface area contributed by atoms with Gasteiger partial charge in [-0.15, -0.1) is 0 Å². The van der Waals surface area contributed by atoms with Gasteiger partial charge in [-0.2, -0.15) is 0 Å². The fourth-order valence-electron chi connectivity index (χ4n) is 1.99. The summed E-state index contributed by atoms with van der Waals surface area (Å²) in [5.41, 5.74) is 0.438. The standard InChI is InChI=1S/C14H19NO3/c1-2-3-8-15(11-5-6-11)14(18)10-4-7-12(16)13(17)9-10/h4,7,9,11,16-17H,2-3,5-6,8H2,1H3. The predicted molar refractivity (Wildman–Crippen MR) is 68.7 cm³/mol. The van der Waals surface area contributed by atoms with Crippen molar-refractivity contribution >= 4 is 5.91 Å². The second kappa shape index (κ2) is 5.29. The van der Waals surface area contributed by atoms with Crippen LogP contribution in [0.4, 0.5) is 0 Å². The van der Waals surface area contributed by atoms with Gasteiger partial charge in [0.05, 0.1) is 0 Å². The Kier molecular flexibility index (Phi) is 3.75. The molecule has 98 valence electrons. The maximum absolute atomic E-state index is 12.3. The van der Waals surface area contributed by atoms with Crippen LogP contribution in [0.25, 0.3) is 0 Å². The number of phenols is 2. The van der Waals surface area contributed by atoms with E-state index < -0.39 is 0 Å². The van der Waals surface area contributed by atoms with E-state index in [0.29, 0.717) is 11.6 Å². The summed E-state index contributed by atoms with van der Waals surface area (Å²) < 4.78 is 0. The molecule has 1 aromatic rings. The molecule has 1 amide bonds. The minimum Gasteiger partial charge on any atom is -0.504 e. The normalized spacial score (nSPS) is 14.5. The molecule has 0 aromatic heterocycles. The van der Waals surface area contributed by atoms with Gasteiger partial charge in [0.25, 0.3) is 5.91 Å². The van der Waals surface area contributed by atoms with Crippen LogP contribution in [0.3, 0.4) is 0 Å². The fourth-order valence-corrected chi connectivity index (χ4v) is 1.99. The topological polar surface area (TPSA) is 60.8 Å². The van der Waals surface area contributed by atoms with Crippen molar-refractivity contribution in [2.75, 3.05) is 6.54 Å². The number of phenolic OH excluding ortho intramolecular Hbond substituents is 2. The molecule has 2 N–H and O–H groups in total. The summed E-state index contributed by atoms with van der Waals surface area (Å²) in [6.45, 7) is 2.86. The zero-order valence-electron chi connectivity index (χ0n) is 10.6. The van der Waals surface area contributed by atoms with Gasteiger partial charge in [-0.05, 0) is 37.5 Å². The Labute approximate surface area is 107 Å². The monoisotopic (exact) mass is 249 g/mol. The third-order valence-corrected chi connectivity index (χ3v) is 3.22. The molecular formula is C14H19NO3. The first-order valence-electron chi connectivity index (χ1n) is 6.46. The van der Waals surface area contributed by atoms with Gasteiger partial charge in [-0.25, -0.2) is 0 Å². The SMILES string of the molecule is CCCCN(C(=O)c1ccc(O)c(O)c1)C1CC1. The summed E-state index contributed by atoms with van der Waals surface area (Å²) in [4.78, 5) is 14.2. The van der Waals surface area contributed by atoms with Gasteiger partial charge in [-0.1, -0.05) is 13.3 Å². The Morgan fingerprint density at radius 2 is 2.06 bits per heavy atom. The highest BCUT2D eigenvalue weighted by Gasteiger charge is 2.32. The highest BCUT2D eigenvalue weighted by Crippen LogP contribution is 2.30. The zero-order chi connectivity index (χ0) is 13.1. The van der Waals surface area contributed by atoms with E-state index in [9.17, 15) is 15.0 Å². The Morgan fingerprint density at radius 3 is 2.61 bits per heavy atom. The largest absolute Gasteiger partial charge is 0.504 e.